The lowest BCUT2D eigenvalue weighted by Crippen LogP contribution is -2.22. The maximum absolute atomic E-state index is 5.97. The van der Waals surface area contributed by atoms with Crippen LogP contribution in [0.4, 0.5) is 5.69 Å². The molecular formula is C19H26N4O. The fourth-order valence-corrected chi connectivity index (χ4v) is 2.14. The largest absolute Gasteiger partial charge is 0.478 e. The zero-order chi connectivity index (χ0) is 17.4. The number of nitrogens with one attached hydrogen (secondary N) is 1. The summed E-state index contributed by atoms with van der Waals surface area (Å²) in [4.78, 5) is 8.61. The zero-order valence-electron chi connectivity index (χ0n) is 14.6. The standard InChI is InChI=1S/C19H26N4O/c1-4-10-24-18-9-8-15(12-21-18)13-22-19(20)23-17-7-5-6-16(11-17)14(2)3/h5-9,11-12,14H,4,10,13H2,1-3H3,(H3,20,22,23). The highest BCUT2D eigenvalue weighted by atomic mass is 16.5. The van der Waals surface area contributed by atoms with Gasteiger partial charge < -0.3 is 15.8 Å². The van der Waals surface area contributed by atoms with Crippen LogP contribution in [-0.2, 0) is 6.54 Å². The molecule has 128 valence electrons. The number of benzene rings is 1. The maximum atomic E-state index is 5.97. The Kier molecular flexibility index (Phi) is 6.61. The van der Waals surface area contributed by atoms with E-state index in [-0.39, 0.29) is 0 Å². The smallest absolute Gasteiger partial charge is 0.213 e. The van der Waals surface area contributed by atoms with Gasteiger partial charge in [0.25, 0.3) is 0 Å². The minimum atomic E-state index is 0.391. The Labute approximate surface area is 144 Å². The molecule has 0 unspecified atom stereocenters. The summed E-state index contributed by atoms with van der Waals surface area (Å²) in [6, 6.07) is 12.0. The van der Waals surface area contributed by atoms with Crippen LogP contribution in [0.15, 0.2) is 47.6 Å². The Morgan fingerprint density at radius 1 is 1.29 bits per heavy atom. The predicted molar refractivity (Wildman–Crippen MR) is 99.5 cm³/mol. The quantitative estimate of drug-likeness (QED) is 0.597. The van der Waals surface area contributed by atoms with Crippen molar-refractivity contribution in [3.8, 4) is 5.88 Å². The van der Waals surface area contributed by atoms with Gasteiger partial charge in [-0.05, 0) is 35.6 Å². The molecular weight excluding hydrogens is 300 g/mol. The third kappa shape index (κ3) is 5.57. The fraction of sp³-hybridized carbons (Fsp3) is 0.368. The van der Waals surface area contributed by atoms with Crippen molar-refractivity contribution in [1.29, 1.82) is 0 Å². The molecule has 0 fully saturated rings. The molecule has 0 amide bonds. The molecule has 1 aromatic heterocycles. The number of anilines is 1. The van der Waals surface area contributed by atoms with E-state index in [0.717, 1.165) is 17.7 Å². The van der Waals surface area contributed by atoms with Crippen LogP contribution in [0.3, 0.4) is 0 Å². The molecule has 24 heavy (non-hydrogen) atoms. The second kappa shape index (κ2) is 8.91. The minimum absolute atomic E-state index is 0.391. The van der Waals surface area contributed by atoms with E-state index in [1.165, 1.54) is 5.56 Å². The first-order valence-electron chi connectivity index (χ1n) is 8.33. The molecule has 0 saturated heterocycles. The van der Waals surface area contributed by atoms with Crippen LogP contribution in [0.5, 0.6) is 5.88 Å². The van der Waals surface area contributed by atoms with Crippen LogP contribution < -0.4 is 15.8 Å². The van der Waals surface area contributed by atoms with Gasteiger partial charge in [-0.3, -0.25) is 0 Å². The first kappa shape index (κ1) is 17.8. The first-order chi connectivity index (χ1) is 11.6. The van der Waals surface area contributed by atoms with Gasteiger partial charge in [-0.25, -0.2) is 9.98 Å². The number of hydrogen-bond acceptors (Lipinski definition) is 3. The van der Waals surface area contributed by atoms with Gasteiger partial charge >= 0.3 is 0 Å². The third-order valence-corrected chi connectivity index (χ3v) is 3.51. The van der Waals surface area contributed by atoms with Crippen molar-refractivity contribution in [1.82, 2.24) is 4.98 Å². The lowest BCUT2D eigenvalue weighted by molar-refractivity contribution is 0.305. The van der Waals surface area contributed by atoms with Gasteiger partial charge in [-0.2, -0.15) is 0 Å². The SMILES string of the molecule is CCCOc1ccc(CN=C(N)Nc2cccc(C(C)C)c2)cn1. The molecule has 1 heterocycles. The van der Waals surface area contributed by atoms with E-state index in [1.54, 1.807) is 6.20 Å². The highest BCUT2D eigenvalue weighted by Crippen LogP contribution is 2.18. The normalized spacial score (nSPS) is 11.6. The summed E-state index contributed by atoms with van der Waals surface area (Å²) < 4.78 is 5.46. The first-order valence-corrected chi connectivity index (χ1v) is 8.33. The average molecular weight is 326 g/mol. The molecule has 3 N–H and O–H groups in total. The van der Waals surface area contributed by atoms with Crippen molar-refractivity contribution in [3.05, 3.63) is 53.7 Å². The number of guanidine groups is 1. The second-order valence-electron chi connectivity index (χ2n) is 5.96. The summed E-state index contributed by atoms with van der Waals surface area (Å²) in [5, 5.41) is 3.13. The number of ether oxygens (including phenoxy) is 1. The van der Waals surface area contributed by atoms with E-state index >= 15 is 0 Å². The van der Waals surface area contributed by atoms with E-state index in [4.69, 9.17) is 10.5 Å². The molecule has 0 spiro atoms. The van der Waals surface area contributed by atoms with Gasteiger partial charge in [0.1, 0.15) is 0 Å². The Bertz CT molecular complexity index is 665. The molecule has 0 saturated carbocycles. The van der Waals surface area contributed by atoms with E-state index in [9.17, 15) is 0 Å². The molecule has 0 aliphatic heterocycles. The van der Waals surface area contributed by atoms with Crippen LogP contribution >= 0.6 is 0 Å². The monoisotopic (exact) mass is 326 g/mol. The molecule has 0 aliphatic rings. The number of pyridine rings is 1. The predicted octanol–water partition coefficient (Wildman–Crippen LogP) is 3.92. The number of hydrogen-bond donors (Lipinski definition) is 2. The molecule has 0 atom stereocenters. The van der Waals surface area contributed by atoms with Crippen molar-refractivity contribution in [3.63, 3.8) is 0 Å². The van der Waals surface area contributed by atoms with Crippen molar-refractivity contribution in [2.24, 2.45) is 10.7 Å². The van der Waals surface area contributed by atoms with Gasteiger partial charge in [0.2, 0.25) is 5.88 Å². The van der Waals surface area contributed by atoms with Crippen LogP contribution in [0.25, 0.3) is 0 Å². The van der Waals surface area contributed by atoms with E-state index in [1.807, 2.05) is 24.3 Å². The summed E-state index contributed by atoms with van der Waals surface area (Å²) in [5.74, 6) is 1.51. The zero-order valence-corrected chi connectivity index (χ0v) is 14.6. The number of nitrogens with two attached hydrogens (primary N) is 1. The van der Waals surface area contributed by atoms with Crippen LogP contribution in [-0.4, -0.2) is 17.6 Å². The van der Waals surface area contributed by atoms with Crippen LogP contribution in [0.2, 0.25) is 0 Å². The van der Waals surface area contributed by atoms with Crippen LogP contribution in [0.1, 0.15) is 44.2 Å². The van der Waals surface area contributed by atoms with Crippen molar-refractivity contribution >= 4 is 11.6 Å². The number of aromatic nitrogens is 1. The van der Waals surface area contributed by atoms with Gasteiger partial charge in [0.15, 0.2) is 5.96 Å². The molecule has 0 bridgehead atoms. The molecule has 1 aromatic carbocycles. The second-order valence-corrected chi connectivity index (χ2v) is 5.96. The van der Waals surface area contributed by atoms with Gasteiger partial charge in [-0.1, -0.05) is 39.0 Å². The lowest BCUT2D eigenvalue weighted by Gasteiger charge is -2.10. The van der Waals surface area contributed by atoms with Crippen molar-refractivity contribution in [2.45, 2.75) is 39.7 Å². The summed E-state index contributed by atoms with van der Waals surface area (Å²) in [7, 11) is 0. The van der Waals surface area contributed by atoms with Crippen LogP contribution in [0, 0.1) is 0 Å². The van der Waals surface area contributed by atoms with Crippen molar-refractivity contribution < 1.29 is 4.74 Å². The Morgan fingerprint density at radius 3 is 2.79 bits per heavy atom. The Hall–Kier alpha value is -2.56. The minimum Gasteiger partial charge on any atom is -0.478 e. The summed E-state index contributed by atoms with van der Waals surface area (Å²) >= 11 is 0. The summed E-state index contributed by atoms with van der Waals surface area (Å²) in [6.45, 7) is 7.55. The highest BCUT2D eigenvalue weighted by Gasteiger charge is 2.01. The maximum Gasteiger partial charge on any atom is 0.213 e. The molecule has 0 radical (unpaired) electrons. The Balaban J connectivity index is 1.92. The van der Waals surface area contributed by atoms with Gasteiger partial charge in [-0.15, -0.1) is 0 Å². The topological polar surface area (TPSA) is 72.5 Å². The fourth-order valence-electron chi connectivity index (χ4n) is 2.14. The molecule has 5 heteroatoms. The van der Waals surface area contributed by atoms with Gasteiger partial charge in [0.05, 0.1) is 13.2 Å². The summed E-state index contributed by atoms with van der Waals surface area (Å²) in [5.41, 5.74) is 9.17. The number of aliphatic imine (C=N–C) groups is 1. The van der Waals surface area contributed by atoms with Crippen molar-refractivity contribution in [2.75, 3.05) is 11.9 Å². The van der Waals surface area contributed by atoms with Gasteiger partial charge in [0, 0.05) is 18.0 Å². The molecule has 2 rings (SSSR count). The summed E-state index contributed by atoms with van der Waals surface area (Å²) in [6.07, 6.45) is 2.73. The average Bonchev–Trinajstić information content (AvgIpc) is 2.59. The third-order valence-electron chi connectivity index (χ3n) is 3.51. The molecule has 0 aliphatic carbocycles. The number of nitrogens with zero attached hydrogens (tertiary/aromatic N) is 2. The number of rotatable bonds is 7. The van der Waals surface area contributed by atoms with E-state index in [2.05, 4.69) is 48.2 Å². The van der Waals surface area contributed by atoms with E-state index < -0.39 is 0 Å². The molecule has 5 nitrogen and oxygen atoms in total. The van der Waals surface area contributed by atoms with E-state index in [0.29, 0.717) is 30.9 Å². The lowest BCUT2D eigenvalue weighted by atomic mass is 10.0. The Morgan fingerprint density at radius 2 is 2.12 bits per heavy atom. The molecule has 2 aromatic rings. The highest BCUT2D eigenvalue weighted by molar-refractivity contribution is 5.92.